The van der Waals surface area contributed by atoms with E-state index in [1.54, 1.807) is 0 Å². The molecule has 0 radical (unpaired) electrons. The Bertz CT molecular complexity index is 4020. The van der Waals surface area contributed by atoms with Crippen LogP contribution < -0.4 is 0 Å². The van der Waals surface area contributed by atoms with Crippen molar-refractivity contribution >= 4 is 32.3 Å². The SMILES string of the molecule is CC1(C)c2ccccc2-c2ccc(-c3c4ccccc4c(-c4ccc5c(c4)C(C)(C)c4ccccc4-5)c4cc(-c5ccc(-c6ccc7c(c6)-c6c(ccc8ccccc68)C7(C)C)cc5)ccc34)cc21. The highest BCUT2D eigenvalue weighted by atomic mass is 14.4. The fraction of sp³-hybridized carbons (Fsp3) is 0.130. The summed E-state index contributed by atoms with van der Waals surface area (Å²) in [4.78, 5) is 0. The summed E-state index contributed by atoms with van der Waals surface area (Å²) in [5.74, 6) is 0. The summed E-state index contributed by atoms with van der Waals surface area (Å²) in [6.45, 7) is 14.3. The Morgan fingerprint density at radius 1 is 0.217 bits per heavy atom. The van der Waals surface area contributed by atoms with Crippen LogP contribution in [0, 0.1) is 0 Å². The van der Waals surface area contributed by atoms with E-state index in [-0.39, 0.29) is 16.2 Å². The van der Waals surface area contributed by atoms with Gasteiger partial charge in [0.15, 0.2) is 0 Å². The standard InChI is InChI=1S/C69H52/c1-67(2)60-35-31-45(38-57(60)66-48-16-8-7-15-43(48)30-36-61(66)67)42-25-23-41(24-26-42)44-27-34-55-56(37-44)65(47-29-33-52-50-18-12-14-22-59(50)69(5,6)63(52)40-47)54-20-10-9-19-53(54)64(55)46-28-32-51-49-17-11-13-21-58(49)68(3,4)62(51)39-46/h7-40H,1-6H3. The molecular weight excluding hydrogens is 829 g/mol. The third kappa shape index (κ3) is 5.58. The van der Waals surface area contributed by atoms with Gasteiger partial charge < -0.3 is 0 Å². The minimum absolute atomic E-state index is 0.0544. The average molecular weight is 881 g/mol. The first-order chi connectivity index (χ1) is 33.5. The van der Waals surface area contributed by atoms with Crippen LogP contribution in [0.2, 0.25) is 0 Å². The maximum absolute atomic E-state index is 2.51. The lowest BCUT2D eigenvalue weighted by Gasteiger charge is -2.24. The second kappa shape index (κ2) is 14.1. The van der Waals surface area contributed by atoms with E-state index in [4.69, 9.17) is 0 Å². The molecule has 3 aliphatic carbocycles. The maximum atomic E-state index is 2.51. The molecular formula is C69H52. The first-order valence-electron chi connectivity index (χ1n) is 24.7. The van der Waals surface area contributed by atoms with Gasteiger partial charge in [-0.15, -0.1) is 0 Å². The van der Waals surface area contributed by atoms with Gasteiger partial charge in [0, 0.05) is 16.2 Å². The first-order valence-corrected chi connectivity index (χ1v) is 24.7. The molecule has 3 aliphatic rings. The molecule has 0 heterocycles. The van der Waals surface area contributed by atoms with Crippen LogP contribution in [0.15, 0.2) is 206 Å². The topological polar surface area (TPSA) is 0 Å². The Labute approximate surface area is 405 Å². The molecule has 0 spiro atoms. The van der Waals surface area contributed by atoms with E-state index in [9.17, 15) is 0 Å². The van der Waals surface area contributed by atoms with Crippen molar-refractivity contribution in [3.63, 3.8) is 0 Å². The van der Waals surface area contributed by atoms with Crippen molar-refractivity contribution in [2.45, 2.75) is 57.8 Å². The van der Waals surface area contributed by atoms with E-state index in [1.807, 2.05) is 0 Å². The smallest absolute Gasteiger partial charge is 0.0159 e. The highest BCUT2D eigenvalue weighted by Crippen LogP contribution is 2.55. The molecule has 14 rings (SSSR count). The molecule has 0 bridgehead atoms. The van der Waals surface area contributed by atoms with E-state index >= 15 is 0 Å². The molecule has 0 saturated heterocycles. The van der Waals surface area contributed by atoms with Gasteiger partial charge in [0.25, 0.3) is 0 Å². The molecule has 11 aromatic rings. The lowest BCUT2D eigenvalue weighted by atomic mass is 9.79. The molecule has 0 aromatic heterocycles. The van der Waals surface area contributed by atoms with E-state index in [0.29, 0.717) is 0 Å². The number of fused-ring (bicyclic) bond motifs is 13. The lowest BCUT2D eigenvalue weighted by molar-refractivity contribution is 0.660. The molecule has 328 valence electrons. The van der Waals surface area contributed by atoms with Crippen molar-refractivity contribution < 1.29 is 0 Å². The number of hydrogen-bond donors (Lipinski definition) is 0. The van der Waals surface area contributed by atoms with E-state index in [1.165, 1.54) is 144 Å². The van der Waals surface area contributed by atoms with Crippen molar-refractivity contribution in [3.8, 4) is 77.9 Å². The maximum Gasteiger partial charge on any atom is 0.0159 e. The second-order valence-electron chi connectivity index (χ2n) is 21.6. The van der Waals surface area contributed by atoms with Crippen LogP contribution in [-0.2, 0) is 16.2 Å². The number of hydrogen-bond acceptors (Lipinski definition) is 0. The summed E-state index contributed by atoms with van der Waals surface area (Å²) in [5.41, 5.74) is 26.3. The van der Waals surface area contributed by atoms with Crippen LogP contribution in [0.3, 0.4) is 0 Å². The summed E-state index contributed by atoms with van der Waals surface area (Å²) in [6.07, 6.45) is 0. The van der Waals surface area contributed by atoms with Gasteiger partial charge in [-0.05, 0) is 168 Å². The van der Waals surface area contributed by atoms with Gasteiger partial charge in [-0.3, -0.25) is 0 Å². The zero-order chi connectivity index (χ0) is 46.6. The van der Waals surface area contributed by atoms with Gasteiger partial charge in [0.05, 0.1) is 0 Å². The normalized spacial score (nSPS) is 15.2. The third-order valence-corrected chi connectivity index (χ3v) is 16.9. The minimum atomic E-state index is -0.110. The largest absolute Gasteiger partial charge is 0.0619 e. The van der Waals surface area contributed by atoms with Gasteiger partial charge in [-0.2, -0.15) is 0 Å². The Morgan fingerprint density at radius 2 is 0.623 bits per heavy atom. The predicted molar refractivity (Wildman–Crippen MR) is 293 cm³/mol. The summed E-state index contributed by atoms with van der Waals surface area (Å²) in [6, 6.07) is 78.8. The van der Waals surface area contributed by atoms with Crippen LogP contribution >= 0.6 is 0 Å². The summed E-state index contributed by atoms with van der Waals surface area (Å²) in [7, 11) is 0. The minimum Gasteiger partial charge on any atom is -0.0619 e. The highest BCUT2D eigenvalue weighted by Gasteiger charge is 2.38. The lowest BCUT2D eigenvalue weighted by Crippen LogP contribution is -2.15. The van der Waals surface area contributed by atoms with Gasteiger partial charge in [0.1, 0.15) is 0 Å². The zero-order valence-corrected chi connectivity index (χ0v) is 40.1. The Morgan fingerprint density at radius 3 is 1.23 bits per heavy atom. The molecule has 0 nitrogen and oxygen atoms in total. The quantitative estimate of drug-likeness (QED) is 0.155. The van der Waals surface area contributed by atoms with E-state index in [0.717, 1.165) is 0 Å². The molecule has 0 amide bonds. The van der Waals surface area contributed by atoms with Crippen molar-refractivity contribution in [1.82, 2.24) is 0 Å². The van der Waals surface area contributed by atoms with Gasteiger partial charge in [-0.25, -0.2) is 0 Å². The highest BCUT2D eigenvalue weighted by molar-refractivity contribution is 6.22. The Hall–Kier alpha value is -7.80. The fourth-order valence-corrected chi connectivity index (χ4v) is 13.3. The monoisotopic (exact) mass is 880 g/mol. The van der Waals surface area contributed by atoms with Crippen LogP contribution in [0.25, 0.3) is 110 Å². The molecule has 0 N–H and O–H groups in total. The van der Waals surface area contributed by atoms with Crippen LogP contribution in [0.1, 0.15) is 74.9 Å². The summed E-state index contributed by atoms with van der Waals surface area (Å²) in [5, 5.41) is 7.73. The Kier molecular flexibility index (Phi) is 8.25. The van der Waals surface area contributed by atoms with Crippen LogP contribution in [0.4, 0.5) is 0 Å². The van der Waals surface area contributed by atoms with E-state index in [2.05, 4.69) is 248 Å². The zero-order valence-electron chi connectivity index (χ0n) is 40.1. The predicted octanol–water partition coefficient (Wildman–Crippen LogP) is 18.7. The van der Waals surface area contributed by atoms with Crippen LogP contribution in [-0.4, -0.2) is 0 Å². The number of rotatable bonds is 4. The van der Waals surface area contributed by atoms with Gasteiger partial charge >= 0.3 is 0 Å². The summed E-state index contributed by atoms with van der Waals surface area (Å²) < 4.78 is 0. The van der Waals surface area contributed by atoms with Crippen molar-refractivity contribution in [3.05, 3.63) is 240 Å². The van der Waals surface area contributed by atoms with Gasteiger partial charge in [0.2, 0.25) is 0 Å². The second-order valence-corrected chi connectivity index (χ2v) is 21.6. The van der Waals surface area contributed by atoms with Gasteiger partial charge in [-0.1, -0.05) is 224 Å². The molecule has 0 saturated carbocycles. The number of benzene rings is 11. The summed E-state index contributed by atoms with van der Waals surface area (Å²) >= 11 is 0. The fourth-order valence-electron chi connectivity index (χ4n) is 13.3. The molecule has 0 unspecified atom stereocenters. The Balaban J connectivity index is 0.946. The van der Waals surface area contributed by atoms with Crippen molar-refractivity contribution in [1.29, 1.82) is 0 Å². The molecule has 11 aromatic carbocycles. The molecule has 0 atom stereocenters. The molecule has 69 heavy (non-hydrogen) atoms. The first kappa shape index (κ1) is 40.3. The van der Waals surface area contributed by atoms with E-state index < -0.39 is 0 Å². The third-order valence-electron chi connectivity index (χ3n) is 16.9. The van der Waals surface area contributed by atoms with Crippen molar-refractivity contribution in [2.75, 3.05) is 0 Å². The van der Waals surface area contributed by atoms with Crippen LogP contribution in [0.5, 0.6) is 0 Å². The van der Waals surface area contributed by atoms with Crippen molar-refractivity contribution in [2.24, 2.45) is 0 Å². The molecule has 0 heteroatoms. The molecule has 0 fully saturated rings. The average Bonchev–Trinajstić information content (AvgIpc) is 3.86. The molecule has 0 aliphatic heterocycles.